The third kappa shape index (κ3) is 17.2. The number of hydrogen-bond donors (Lipinski definition) is 3. The molecule has 152 valence electrons. The Labute approximate surface area is 180 Å². The van der Waals surface area contributed by atoms with Crippen LogP contribution in [0.5, 0.6) is 0 Å². The predicted molar refractivity (Wildman–Crippen MR) is 96.5 cm³/mol. The molecule has 0 aromatic carbocycles. The Morgan fingerprint density at radius 1 is 0.962 bits per heavy atom. The van der Waals surface area contributed by atoms with E-state index < -0.39 is 33.7 Å². The maximum atomic E-state index is 11.6. The largest absolute Gasteiger partial charge is 1.00 e. The quantitative estimate of drug-likeness (QED) is 0.153. The number of aliphatic carboxylic acids is 1. The van der Waals surface area contributed by atoms with Crippen molar-refractivity contribution < 1.29 is 63.4 Å². The van der Waals surface area contributed by atoms with Crippen LogP contribution in [-0.4, -0.2) is 41.9 Å². The normalized spacial score (nSPS) is 11.8. The van der Waals surface area contributed by atoms with E-state index in [-0.39, 0.29) is 43.7 Å². The van der Waals surface area contributed by atoms with Crippen LogP contribution in [0, 0.1) is 0 Å². The molecular formula is C16H34NNaO7S. The van der Waals surface area contributed by atoms with Crippen molar-refractivity contribution in [3.05, 3.63) is 0 Å². The molecule has 0 bridgehead atoms. The molecule has 0 amide bonds. The Hall–Kier alpha value is -0.190. The van der Waals surface area contributed by atoms with Gasteiger partial charge in [0, 0.05) is 0 Å². The van der Waals surface area contributed by atoms with Gasteiger partial charge >= 0.3 is 41.5 Å². The molecule has 0 spiro atoms. The summed E-state index contributed by atoms with van der Waals surface area (Å²) < 4.78 is 35.6. The number of hydrogen-bond acceptors (Lipinski definition) is 6. The summed E-state index contributed by atoms with van der Waals surface area (Å²) in [4.78, 5) is 22.1. The zero-order valence-electron chi connectivity index (χ0n) is 17.1. The SMILES string of the molecule is CCCCCCCCCCCCOC(=O)C(CC(=O)O)S(=O)(=O)O.N.[H-].[Na+]. The molecule has 0 heterocycles. The molecule has 0 saturated carbocycles. The van der Waals surface area contributed by atoms with Gasteiger partial charge in [-0.15, -0.1) is 0 Å². The fourth-order valence-electron chi connectivity index (χ4n) is 2.32. The number of carbonyl (C=O) groups excluding carboxylic acids is 1. The van der Waals surface area contributed by atoms with E-state index in [0.29, 0.717) is 6.42 Å². The Kier molecular flexibility index (Phi) is 21.4. The minimum atomic E-state index is -4.78. The second-order valence-corrected chi connectivity index (χ2v) is 7.55. The molecule has 1 unspecified atom stereocenters. The van der Waals surface area contributed by atoms with Crippen molar-refractivity contribution in [3.63, 3.8) is 0 Å². The summed E-state index contributed by atoms with van der Waals surface area (Å²) in [5.74, 6) is -2.70. The molecule has 26 heavy (non-hydrogen) atoms. The Bertz CT molecular complexity index is 477. The van der Waals surface area contributed by atoms with Gasteiger partial charge < -0.3 is 17.4 Å². The van der Waals surface area contributed by atoms with Gasteiger partial charge in [0.1, 0.15) is 0 Å². The zero-order chi connectivity index (χ0) is 18.4. The van der Waals surface area contributed by atoms with Gasteiger partial charge in [0.05, 0.1) is 13.0 Å². The molecule has 0 aromatic heterocycles. The van der Waals surface area contributed by atoms with Crippen LogP contribution >= 0.6 is 0 Å². The summed E-state index contributed by atoms with van der Waals surface area (Å²) in [6.07, 6.45) is 10.1. The third-order valence-corrected chi connectivity index (χ3v) is 4.80. The molecule has 0 radical (unpaired) electrons. The van der Waals surface area contributed by atoms with E-state index in [9.17, 15) is 18.0 Å². The van der Waals surface area contributed by atoms with E-state index >= 15 is 0 Å². The number of ether oxygens (including phenoxy) is 1. The summed E-state index contributed by atoms with van der Waals surface area (Å²) in [6.45, 7) is 2.22. The van der Waals surface area contributed by atoms with Gasteiger partial charge in [-0.25, -0.2) is 0 Å². The fraction of sp³-hybridized carbons (Fsp3) is 0.875. The number of unbranched alkanes of at least 4 members (excludes halogenated alkanes) is 9. The predicted octanol–water partition coefficient (Wildman–Crippen LogP) is 0.460. The van der Waals surface area contributed by atoms with E-state index in [1.807, 2.05) is 0 Å². The standard InChI is InChI=1S/C16H30O7S.H3N.Na.H/c1-2-3-4-5-6-7-8-9-10-11-12-23-16(19)14(13-15(17)18)24(20,21)22;;;/h14H,2-13H2,1H3,(H,17,18)(H,20,21,22);1H3;;/q;;+1;-1. The molecule has 10 heteroatoms. The molecule has 5 N–H and O–H groups in total. The first-order chi connectivity index (χ1) is 11.3. The molecule has 8 nitrogen and oxygen atoms in total. The van der Waals surface area contributed by atoms with Gasteiger partial charge in [-0.05, 0) is 6.42 Å². The van der Waals surface area contributed by atoms with Crippen molar-refractivity contribution in [2.75, 3.05) is 6.61 Å². The van der Waals surface area contributed by atoms with E-state index in [0.717, 1.165) is 19.3 Å². The third-order valence-electron chi connectivity index (χ3n) is 3.72. The first kappa shape index (κ1) is 30.5. The van der Waals surface area contributed by atoms with Gasteiger partial charge in [-0.2, -0.15) is 8.42 Å². The van der Waals surface area contributed by atoms with E-state index in [4.69, 9.17) is 14.4 Å². The number of esters is 1. The van der Waals surface area contributed by atoms with Gasteiger partial charge in [0.2, 0.25) is 0 Å². The first-order valence-corrected chi connectivity index (χ1v) is 10.1. The first-order valence-electron chi connectivity index (χ1n) is 8.63. The zero-order valence-corrected chi connectivity index (χ0v) is 18.9. The molecular weight excluding hydrogens is 373 g/mol. The molecule has 1 atom stereocenters. The van der Waals surface area contributed by atoms with Crippen molar-refractivity contribution in [2.45, 2.75) is 82.8 Å². The maximum absolute atomic E-state index is 11.6. The van der Waals surface area contributed by atoms with Crippen LogP contribution in [0.3, 0.4) is 0 Å². The van der Waals surface area contributed by atoms with Gasteiger partial charge in [-0.1, -0.05) is 64.7 Å². The average Bonchev–Trinajstić information content (AvgIpc) is 2.48. The van der Waals surface area contributed by atoms with E-state index in [1.54, 1.807) is 0 Å². The van der Waals surface area contributed by atoms with Crippen LogP contribution in [0.4, 0.5) is 0 Å². The molecule has 0 aliphatic carbocycles. The Morgan fingerprint density at radius 3 is 1.77 bits per heavy atom. The van der Waals surface area contributed by atoms with Gasteiger partial charge in [0.15, 0.2) is 5.25 Å². The number of carbonyl (C=O) groups is 2. The van der Waals surface area contributed by atoms with Crippen LogP contribution in [0.1, 0.15) is 79.0 Å². The van der Waals surface area contributed by atoms with Gasteiger partial charge in [-0.3, -0.25) is 14.1 Å². The molecule has 0 rings (SSSR count). The average molecular weight is 408 g/mol. The molecule has 0 aromatic rings. The summed E-state index contributed by atoms with van der Waals surface area (Å²) in [5, 5.41) is 6.52. The smallest absolute Gasteiger partial charge is 1.00 e. The van der Waals surface area contributed by atoms with Gasteiger partial charge in [0.25, 0.3) is 10.1 Å². The number of carboxylic acid groups (broad SMARTS) is 1. The van der Waals surface area contributed by atoms with Crippen molar-refractivity contribution in [1.82, 2.24) is 6.15 Å². The monoisotopic (exact) mass is 407 g/mol. The molecule has 0 saturated heterocycles. The van der Waals surface area contributed by atoms with Crippen molar-refractivity contribution >= 4 is 22.1 Å². The minimum Gasteiger partial charge on any atom is -1.00 e. The van der Waals surface area contributed by atoms with Crippen LogP contribution in [0.15, 0.2) is 0 Å². The summed E-state index contributed by atoms with van der Waals surface area (Å²) in [7, 11) is -4.78. The van der Waals surface area contributed by atoms with Crippen molar-refractivity contribution in [1.29, 1.82) is 0 Å². The van der Waals surface area contributed by atoms with Crippen molar-refractivity contribution in [2.24, 2.45) is 0 Å². The fourth-order valence-corrected chi connectivity index (χ4v) is 2.99. The van der Waals surface area contributed by atoms with Crippen LogP contribution in [0.2, 0.25) is 0 Å². The Morgan fingerprint density at radius 2 is 1.38 bits per heavy atom. The summed E-state index contributed by atoms with van der Waals surface area (Å²) in [5.41, 5.74) is 0. The molecule has 0 fully saturated rings. The second-order valence-electron chi connectivity index (χ2n) is 5.95. The number of rotatable bonds is 15. The topological polar surface area (TPSA) is 153 Å². The Balaban J connectivity index is -0.000000882. The van der Waals surface area contributed by atoms with E-state index in [2.05, 4.69) is 6.92 Å². The number of carboxylic acids is 1. The van der Waals surface area contributed by atoms with Crippen LogP contribution in [-0.2, 0) is 24.4 Å². The van der Waals surface area contributed by atoms with Crippen LogP contribution in [0.25, 0.3) is 0 Å². The maximum Gasteiger partial charge on any atom is 1.00 e. The minimum absolute atomic E-state index is 0. The second kappa shape index (κ2) is 18.2. The van der Waals surface area contributed by atoms with E-state index in [1.165, 1.54) is 38.5 Å². The summed E-state index contributed by atoms with van der Waals surface area (Å²) in [6, 6.07) is 0. The molecule has 0 aliphatic heterocycles. The molecule has 0 aliphatic rings. The van der Waals surface area contributed by atoms with Crippen LogP contribution < -0.4 is 35.7 Å². The summed E-state index contributed by atoms with van der Waals surface area (Å²) >= 11 is 0. The van der Waals surface area contributed by atoms with Crippen molar-refractivity contribution in [3.8, 4) is 0 Å².